The molecule has 10 rings (SSSR count). The third kappa shape index (κ3) is 4.18. The molecule has 9 aromatic rings. The average Bonchev–Trinajstić information content (AvgIpc) is 3.61. The van der Waals surface area contributed by atoms with E-state index in [1.807, 2.05) is 0 Å². The Morgan fingerprint density at radius 2 is 1.14 bits per heavy atom. The first-order chi connectivity index (χ1) is 24.7. The third-order valence-electron chi connectivity index (χ3n) is 10.6. The van der Waals surface area contributed by atoms with Crippen LogP contribution in [0.15, 0.2) is 170 Å². The van der Waals surface area contributed by atoms with Gasteiger partial charge >= 0.3 is 0 Å². The number of benzene rings is 7. The van der Waals surface area contributed by atoms with Crippen molar-refractivity contribution in [2.24, 2.45) is 0 Å². The highest BCUT2D eigenvalue weighted by Crippen LogP contribution is 2.42. The van der Waals surface area contributed by atoms with Crippen molar-refractivity contribution in [2.45, 2.75) is 19.8 Å². The van der Waals surface area contributed by atoms with Crippen LogP contribution < -0.4 is 0 Å². The molecule has 0 saturated carbocycles. The molecule has 0 radical (unpaired) electrons. The van der Waals surface area contributed by atoms with Gasteiger partial charge in [-0.25, -0.2) is 0 Å². The fourth-order valence-electron chi connectivity index (χ4n) is 8.43. The van der Waals surface area contributed by atoms with Gasteiger partial charge < -0.3 is 4.40 Å². The van der Waals surface area contributed by atoms with E-state index < -0.39 is 0 Å². The van der Waals surface area contributed by atoms with Crippen LogP contribution in [0.1, 0.15) is 25.3 Å². The Morgan fingerprint density at radius 1 is 0.600 bits per heavy atom. The Bertz CT molecular complexity index is 2880. The van der Waals surface area contributed by atoms with Crippen molar-refractivity contribution in [3.05, 3.63) is 176 Å². The van der Waals surface area contributed by atoms with E-state index in [1.54, 1.807) is 0 Å². The molecule has 7 aromatic carbocycles. The zero-order valence-corrected chi connectivity index (χ0v) is 28.0. The number of para-hydroxylation sites is 2. The van der Waals surface area contributed by atoms with Gasteiger partial charge in [0.05, 0.1) is 16.6 Å². The van der Waals surface area contributed by atoms with E-state index in [4.69, 9.17) is 0 Å². The molecule has 0 fully saturated rings. The van der Waals surface area contributed by atoms with Gasteiger partial charge in [0.25, 0.3) is 0 Å². The highest BCUT2D eigenvalue weighted by molar-refractivity contribution is 6.26. The number of hydrogen-bond donors (Lipinski definition) is 0. The Morgan fingerprint density at radius 3 is 1.74 bits per heavy atom. The molecular weight excluding hydrogens is 605 g/mol. The fraction of sp³-hybridized carbons (Fsp3) is 0.0625. The first-order valence-electron chi connectivity index (χ1n) is 17.6. The molecule has 3 heterocycles. The fourth-order valence-corrected chi connectivity index (χ4v) is 8.43. The van der Waals surface area contributed by atoms with Crippen LogP contribution in [0.3, 0.4) is 0 Å². The molecule has 1 aliphatic heterocycles. The average molecular weight is 640 g/mol. The van der Waals surface area contributed by atoms with Crippen molar-refractivity contribution in [1.29, 1.82) is 0 Å². The zero-order valence-electron chi connectivity index (χ0n) is 28.0. The van der Waals surface area contributed by atoms with Crippen LogP contribution in [0, 0.1) is 0 Å². The number of nitrogens with zero attached hydrogens (tertiary/aromatic N) is 2. The van der Waals surface area contributed by atoms with E-state index >= 15 is 0 Å². The van der Waals surface area contributed by atoms with E-state index in [-0.39, 0.29) is 0 Å². The number of hydrogen-bond acceptors (Lipinski definition) is 0. The van der Waals surface area contributed by atoms with Gasteiger partial charge in [0.1, 0.15) is 0 Å². The van der Waals surface area contributed by atoms with Crippen molar-refractivity contribution < 1.29 is 4.58 Å². The van der Waals surface area contributed by atoms with E-state index in [1.165, 1.54) is 81.5 Å². The lowest BCUT2D eigenvalue weighted by Gasteiger charge is -2.12. The topological polar surface area (TPSA) is 7.42 Å². The second-order valence-electron chi connectivity index (χ2n) is 13.5. The van der Waals surface area contributed by atoms with Crippen LogP contribution in [0.25, 0.3) is 76.0 Å². The zero-order chi connectivity index (χ0) is 33.3. The van der Waals surface area contributed by atoms with Gasteiger partial charge in [0, 0.05) is 51.4 Å². The van der Waals surface area contributed by atoms with Gasteiger partial charge in [0.2, 0.25) is 11.4 Å². The minimum Gasteiger partial charge on any atom is -0.308 e. The predicted molar refractivity (Wildman–Crippen MR) is 215 cm³/mol. The lowest BCUT2D eigenvalue weighted by atomic mass is 9.93. The summed E-state index contributed by atoms with van der Waals surface area (Å²) in [6.07, 6.45) is 12.9. The maximum Gasteiger partial charge on any atom is 0.218 e. The summed E-state index contributed by atoms with van der Waals surface area (Å²) in [5, 5.41) is 12.9. The molecular formula is C48H35N2+. The van der Waals surface area contributed by atoms with Crippen molar-refractivity contribution >= 4 is 87.4 Å². The van der Waals surface area contributed by atoms with E-state index in [0.717, 1.165) is 29.8 Å². The van der Waals surface area contributed by atoms with Gasteiger partial charge in [-0.3, -0.25) is 0 Å². The Labute approximate surface area is 290 Å². The molecule has 50 heavy (non-hydrogen) atoms. The van der Waals surface area contributed by atoms with Crippen molar-refractivity contribution in [3.63, 3.8) is 0 Å². The lowest BCUT2D eigenvalue weighted by molar-refractivity contribution is -0.358. The van der Waals surface area contributed by atoms with Gasteiger partial charge in [-0.05, 0) is 86.3 Å². The standard InChI is InChI=1S/C48H35N2/c1-3-14-32(33-27-43-40-20-8-10-22-45(40)50-46-23-11-9-21-41(46)44(28-33)48(43)50)29-47-31(2)15-12-13-26-49(47)34-24-25-39-37-18-5-4-16-35(37)36-17-6-7-19-38(36)42(39)30-34/h4-13,15-30H,2-3,14H2,1H3/q+1. The van der Waals surface area contributed by atoms with Gasteiger partial charge in [-0.1, -0.05) is 111 Å². The SMILES string of the molecule is C=C1C=CC=C[N+](c2ccc3c4ccccc4c4ccccc4c3c2)=C1/C=C(\CCC)c1cc2c3ccccc3n3c4ccccc4c(c1)c23. The maximum atomic E-state index is 4.59. The Hall–Kier alpha value is -6.25. The summed E-state index contributed by atoms with van der Waals surface area (Å²) in [5.74, 6) is 0. The van der Waals surface area contributed by atoms with Crippen LogP contribution in [0.5, 0.6) is 0 Å². The van der Waals surface area contributed by atoms with E-state index in [0.29, 0.717) is 0 Å². The second kappa shape index (κ2) is 11.1. The molecule has 0 spiro atoms. The molecule has 0 bridgehead atoms. The summed E-state index contributed by atoms with van der Waals surface area (Å²) in [5.41, 5.74) is 9.60. The number of aromatic nitrogens is 1. The van der Waals surface area contributed by atoms with Gasteiger partial charge in [-0.2, -0.15) is 4.58 Å². The highest BCUT2D eigenvalue weighted by Gasteiger charge is 2.23. The van der Waals surface area contributed by atoms with Crippen LogP contribution in [0.4, 0.5) is 5.69 Å². The minimum atomic E-state index is 0.956. The Balaban J connectivity index is 1.23. The van der Waals surface area contributed by atoms with Crippen LogP contribution >= 0.6 is 0 Å². The molecule has 2 nitrogen and oxygen atoms in total. The molecule has 2 heteroatoms. The normalized spacial score (nSPS) is 14.2. The first kappa shape index (κ1) is 28.7. The number of fused-ring (bicyclic) bond motifs is 12. The van der Waals surface area contributed by atoms with Gasteiger partial charge in [0.15, 0.2) is 6.20 Å². The van der Waals surface area contributed by atoms with Crippen molar-refractivity contribution in [1.82, 2.24) is 4.40 Å². The maximum absolute atomic E-state index is 4.59. The van der Waals surface area contributed by atoms with E-state index in [2.05, 4.69) is 180 Å². The summed E-state index contributed by atoms with van der Waals surface area (Å²) in [4.78, 5) is 0. The van der Waals surface area contributed by atoms with Crippen LogP contribution in [-0.4, -0.2) is 14.7 Å². The molecule has 0 N–H and O–H groups in total. The first-order valence-corrected chi connectivity index (χ1v) is 17.6. The largest absolute Gasteiger partial charge is 0.308 e. The monoisotopic (exact) mass is 639 g/mol. The molecule has 0 saturated heterocycles. The summed E-state index contributed by atoms with van der Waals surface area (Å²) < 4.78 is 4.77. The third-order valence-corrected chi connectivity index (χ3v) is 10.6. The molecule has 0 aliphatic carbocycles. The Kier molecular flexibility index (Phi) is 6.41. The van der Waals surface area contributed by atoms with E-state index in [9.17, 15) is 0 Å². The van der Waals surface area contributed by atoms with Crippen LogP contribution in [0.2, 0.25) is 0 Å². The molecule has 1 aliphatic rings. The highest BCUT2D eigenvalue weighted by atomic mass is 15.0. The molecule has 0 atom stereocenters. The van der Waals surface area contributed by atoms with Crippen LogP contribution in [-0.2, 0) is 0 Å². The van der Waals surface area contributed by atoms with Crippen molar-refractivity contribution in [3.8, 4) is 0 Å². The number of allylic oxidation sites excluding steroid dienone is 6. The molecule has 236 valence electrons. The predicted octanol–water partition coefficient (Wildman–Crippen LogP) is 12.9. The second-order valence-corrected chi connectivity index (χ2v) is 13.5. The summed E-state index contributed by atoms with van der Waals surface area (Å²) in [6, 6.07) is 47.0. The summed E-state index contributed by atoms with van der Waals surface area (Å²) in [6.45, 7) is 6.87. The quantitative estimate of drug-likeness (QED) is 0.131. The smallest absolute Gasteiger partial charge is 0.218 e. The summed E-state index contributed by atoms with van der Waals surface area (Å²) >= 11 is 0. The minimum absolute atomic E-state index is 0.956. The molecule has 0 amide bonds. The molecule has 0 unspecified atom stereocenters. The summed E-state index contributed by atoms with van der Waals surface area (Å²) in [7, 11) is 0. The molecule has 2 aromatic heterocycles. The van der Waals surface area contributed by atoms with Crippen molar-refractivity contribution in [2.75, 3.05) is 0 Å². The number of rotatable bonds is 5. The lowest BCUT2D eigenvalue weighted by Crippen LogP contribution is -2.12. The van der Waals surface area contributed by atoms with Gasteiger partial charge in [-0.15, -0.1) is 0 Å².